The Balaban J connectivity index is 1.91. The summed E-state index contributed by atoms with van der Waals surface area (Å²) in [5.41, 5.74) is 1.07. The van der Waals surface area contributed by atoms with Crippen molar-refractivity contribution in [2.45, 2.75) is 38.6 Å². The van der Waals surface area contributed by atoms with Crippen molar-refractivity contribution in [3.8, 4) is 0 Å². The van der Waals surface area contributed by atoms with Gasteiger partial charge in [0.15, 0.2) is 0 Å². The molecule has 19 heavy (non-hydrogen) atoms. The number of hydrogen-bond donors (Lipinski definition) is 1. The van der Waals surface area contributed by atoms with Crippen molar-refractivity contribution in [1.82, 2.24) is 10.2 Å². The minimum absolute atomic E-state index is 0.140. The Morgan fingerprint density at radius 3 is 2.74 bits per heavy atom. The molecule has 1 fully saturated rings. The monoisotopic (exact) mass is 264 g/mol. The van der Waals surface area contributed by atoms with E-state index in [2.05, 4.69) is 17.1 Å². The highest BCUT2D eigenvalue weighted by Crippen LogP contribution is 2.19. The van der Waals surface area contributed by atoms with Gasteiger partial charge in [0, 0.05) is 6.04 Å². The van der Waals surface area contributed by atoms with E-state index < -0.39 is 0 Å². The topological polar surface area (TPSA) is 15.3 Å². The first-order valence-corrected chi connectivity index (χ1v) is 7.51. The van der Waals surface area contributed by atoms with Crippen molar-refractivity contribution in [1.29, 1.82) is 0 Å². The van der Waals surface area contributed by atoms with E-state index in [1.165, 1.54) is 38.4 Å². The number of nitrogens with zero attached hydrogens (tertiary/aromatic N) is 1. The van der Waals surface area contributed by atoms with Crippen molar-refractivity contribution >= 4 is 0 Å². The number of hydrogen-bond acceptors (Lipinski definition) is 2. The van der Waals surface area contributed by atoms with Gasteiger partial charge in [0.25, 0.3) is 0 Å². The van der Waals surface area contributed by atoms with Gasteiger partial charge in [-0.3, -0.25) is 0 Å². The lowest BCUT2D eigenvalue weighted by atomic mass is 10.0. The van der Waals surface area contributed by atoms with Gasteiger partial charge in [-0.15, -0.1) is 0 Å². The van der Waals surface area contributed by atoms with Gasteiger partial charge in [0.1, 0.15) is 5.82 Å². The van der Waals surface area contributed by atoms with E-state index in [4.69, 9.17) is 0 Å². The first-order valence-electron chi connectivity index (χ1n) is 7.51. The molecule has 1 aromatic rings. The van der Waals surface area contributed by atoms with E-state index in [0.29, 0.717) is 0 Å². The summed E-state index contributed by atoms with van der Waals surface area (Å²) in [6.45, 7) is 6.58. The predicted molar refractivity (Wildman–Crippen MR) is 77.7 cm³/mol. The van der Waals surface area contributed by atoms with Gasteiger partial charge in [0.2, 0.25) is 0 Å². The maximum Gasteiger partial charge on any atom is 0.123 e. The zero-order valence-corrected chi connectivity index (χ0v) is 11.9. The number of benzene rings is 1. The number of likely N-dealkylation sites (tertiary alicyclic amines) is 1. The minimum atomic E-state index is -0.140. The maximum atomic E-state index is 13.3. The summed E-state index contributed by atoms with van der Waals surface area (Å²) in [6, 6.07) is 7.26. The highest BCUT2D eigenvalue weighted by molar-refractivity contribution is 5.20. The first kappa shape index (κ1) is 14.5. The van der Waals surface area contributed by atoms with Crippen LogP contribution >= 0.6 is 0 Å². The molecule has 3 heteroatoms. The third kappa shape index (κ3) is 4.59. The van der Waals surface area contributed by atoms with E-state index >= 15 is 0 Å². The van der Waals surface area contributed by atoms with Crippen LogP contribution in [0.1, 0.15) is 44.2 Å². The van der Waals surface area contributed by atoms with Crippen LogP contribution in [0.15, 0.2) is 24.3 Å². The number of rotatable bonds is 6. The number of piperidine rings is 1. The fourth-order valence-electron chi connectivity index (χ4n) is 2.85. The summed E-state index contributed by atoms with van der Waals surface area (Å²) in [5.74, 6) is -0.140. The van der Waals surface area contributed by atoms with Crippen LogP contribution in [0.25, 0.3) is 0 Å². The van der Waals surface area contributed by atoms with Crippen LogP contribution in [-0.2, 0) is 0 Å². The lowest BCUT2D eigenvalue weighted by Crippen LogP contribution is -2.33. The summed E-state index contributed by atoms with van der Waals surface area (Å²) in [7, 11) is 0. The quantitative estimate of drug-likeness (QED) is 0.847. The predicted octanol–water partition coefficient (Wildman–Crippen LogP) is 3.35. The van der Waals surface area contributed by atoms with Gasteiger partial charge < -0.3 is 10.2 Å². The van der Waals surface area contributed by atoms with Crippen LogP contribution in [0.4, 0.5) is 4.39 Å². The fourth-order valence-corrected chi connectivity index (χ4v) is 2.85. The normalized spacial score (nSPS) is 18.4. The van der Waals surface area contributed by atoms with Crippen molar-refractivity contribution in [2.24, 2.45) is 0 Å². The van der Waals surface area contributed by atoms with Crippen molar-refractivity contribution < 1.29 is 4.39 Å². The molecular formula is C16H25FN2. The molecule has 0 amide bonds. The molecule has 1 aliphatic heterocycles. The molecule has 1 saturated heterocycles. The highest BCUT2D eigenvalue weighted by Gasteiger charge is 2.15. The molecule has 106 valence electrons. The molecule has 1 N–H and O–H groups in total. The smallest absolute Gasteiger partial charge is 0.123 e. The molecule has 2 rings (SSSR count). The van der Waals surface area contributed by atoms with Crippen LogP contribution in [0, 0.1) is 5.82 Å². The maximum absolute atomic E-state index is 13.3. The van der Waals surface area contributed by atoms with Gasteiger partial charge in [0.05, 0.1) is 0 Å². The lowest BCUT2D eigenvalue weighted by molar-refractivity contribution is 0.217. The van der Waals surface area contributed by atoms with Crippen LogP contribution in [0.3, 0.4) is 0 Å². The Bertz CT molecular complexity index is 375. The van der Waals surface area contributed by atoms with E-state index in [-0.39, 0.29) is 11.9 Å². The van der Waals surface area contributed by atoms with Gasteiger partial charge in [-0.2, -0.15) is 0 Å². The van der Waals surface area contributed by atoms with Crippen molar-refractivity contribution in [3.05, 3.63) is 35.6 Å². The van der Waals surface area contributed by atoms with Crippen LogP contribution in [-0.4, -0.2) is 31.1 Å². The van der Waals surface area contributed by atoms with Crippen LogP contribution in [0.5, 0.6) is 0 Å². The molecule has 1 heterocycles. The number of halogens is 1. The Morgan fingerprint density at radius 1 is 1.26 bits per heavy atom. The molecule has 1 atom stereocenters. The van der Waals surface area contributed by atoms with Gasteiger partial charge in [-0.05, 0) is 63.1 Å². The molecule has 0 bridgehead atoms. The van der Waals surface area contributed by atoms with Gasteiger partial charge >= 0.3 is 0 Å². The first-order chi connectivity index (χ1) is 9.29. The molecule has 0 saturated carbocycles. The molecule has 1 aliphatic rings. The third-order valence-corrected chi connectivity index (χ3v) is 3.88. The summed E-state index contributed by atoms with van der Waals surface area (Å²) < 4.78 is 13.3. The van der Waals surface area contributed by atoms with Crippen LogP contribution < -0.4 is 5.32 Å². The summed E-state index contributed by atoms with van der Waals surface area (Å²) in [6.07, 6.45) is 5.08. The Labute approximate surface area is 116 Å². The van der Waals surface area contributed by atoms with Crippen LogP contribution in [0.2, 0.25) is 0 Å². The molecule has 1 aromatic carbocycles. The fraction of sp³-hybridized carbons (Fsp3) is 0.625. The SMILES string of the molecule is CCNC(CCN1CCCCC1)c1cccc(F)c1. The molecule has 2 nitrogen and oxygen atoms in total. The summed E-state index contributed by atoms with van der Waals surface area (Å²) in [4.78, 5) is 2.53. The minimum Gasteiger partial charge on any atom is -0.310 e. The largest absolute Gasteiger partial charge is 0.310 e. The Hall–Kier alpha value is -0.930. The Kier molecular flexibility index (Phi) is 5.80. The van der Waals surface area contributed by atoms with E-state index in [1.54, 1.807) is 12.1 Å². The average molecular weight is 264 g/mol. The van der Waals surface area contributed by atoms with Gasteiger partial charge in [-0.1, -0.05) is 25.5 Å². The molecule has 0 aromatic heterocycles. The third-order valence-electron chi connectivity index (χ3n) is 3.88. The average Bonchev–Trinajstić information content (AvgIpc) is 2.44. The second kappa shape index (κ2) is 7.61. The van der Waals surface area contributed by atoms with Crippen molar-refractivity contribution in [2.75, 3.05) is 26.2 Å². The van der Waals surface area contributed by atoms with Crippen molar-refractivity contribution in [3.63, 3.8) is 0 Å². The van der Waals surface area contributed by atoms with E-state index in [9.17, 15) is 4.39 Å². The number of nitrogens with one attached hydrogen (secondary N) is 1. The molecule has 1 unspecified atom stereocenters. The summed E-state index contributed by atoms with van der Waals surface area (Å²) in [5, 5.41) is 3.47. The van der Waals surface area contributed by atoms with E-state index in [0.717, 1.165) is 25.1 Å². The molecule has 0 aliphatic carbocycles. The van der Waals surface area contributed by atoms with E-state index in [1.807, 2.05) is 6.07 Å². The molecule has 0 spiro atoms. The van der Waals surface area contributed by atoms with Gasteiger partial charge in [-0.25, -0.2) is 4.39 Å². The lowest BCUT2D eigenvalue weighted by Gasteiger charge is -2.28. The molecule has 0 radical (unpaired) electrons. The zero-order chi connectivity index (χ0) is 13.5. The second-order valence-electron chi connectivity index (χ2n) is 5.36. The second-order valence-corrected chi connectivity index (χ2v) is 5.36. The highest BCUT2D eigenvalue weighted by atomic mass is 19.1. The molecular weight excluding hydrogens is 239 g/mol. The standard InChI is InChI=1S/C16H25FN2/c1-2-18-16(14-7-6-8-15(17)13-14)9-12-19-10-4-3-5-11-19/h6-8,13,16,18H,2-5,9-12H2,1H3. The zero-order valence-electron chi connectivity index (χ0n) is 11.9. The summed E-state index contributed by atoms with van der Waals surface area (Å²) >= 11 is 0. The Morgan fingerprint density at radius 2 is 2.05 bits per heavy atom.